The minimum Gasteiger partial charge on any atom is -0.375 e. The zero-order valence-corrected chi connectivity index (χ0v) is 15.5. The van der Waals surface area contributed by atoms with Gasteiger partial charge in [0.25, 0.3) is 5.91 Å². The summed E-state index contributed by atoms with van der Waals surface area (Å²) in [5, 5.41) is 15.0. The van der Waals surface area contributed by atoms with Crippen LogP contribution in [0.1, 0.15) is 37.7 Å². The third-order valence-electron chi connectivity index (χ3n) is 6.73. The third-order valence-corrected chi connectivity index (χ3v) is 6.73. The van der Waals surface area contributed by atoms with Crippen molar-refractivity contribution >= 4 is 5.91 Å². The Morgan fingerprint density at radius 1 is 1.19 bits per heavy atom. The number of halogens is 2. The van der Waals surface area contributed by atoms with Crippen molar-refractivity contribution in [3.8, 4) is 0 Å². The monoisotopic (exact) mass is 378 g/mol. The van der Waals surface area contributed by atoms with Crippen LogP contribution in [0.15, 0.2) is 30.3 Å². The van der Waals surface area contributed by atoms with Gasteiger partial charge in [0, 0.05) is 31.8 Å². The third kappa shape index (κ3) is 3.49. The number of nitrogens with one attached hydrogen (secondary N) is 1. The Kier molecular flexibility index (Phi) is 4.97. The highest BCUT2D eigenvalue weighted by Crippen LogP contribution is 2.48. The molecule has 148 valence electrons. The van der Waals surface area contributed by atoms with Gasteiger partial charge in [-0.15, -0.1) is 0 Å². The van der Waals surface area contributed by atoms with Crippen molar-refractivity contribution in [3.05, 3.63) is 35.9 Å². The maximum Gasteiger partial charge on any atom is 0.259 e. The van der Waals surface area contributed by atoms with E-state index in [1.54, 1.807) is 35.2 Å². The lowest BCUT2D eigenvalue weighted by Gasteiger charge is -2.36. The van der Waals surface area contributed by atoms with E-state index in [0.717, 1.165) is 25.9 Å². The zero-order valence-electron chi connectivity index (χ0n) is 15.5. The molecule has 0 aromatic heterocycles. The van der Waals surface area contributed by atoms with Gasteiger partial charge in [-0.05, 0) is 49.8 Å². The van der Waals surface area contributed by atoms with Gasteiger partial charge in [-0.25, -0.2) is 8.78 Å². The van der Waals surface area contributed by atoms with Crippen LogP contribution in [-0.4, -0.2) is 48.0 Å². The van der Waals surface area contributed by atoms with Gasteiger partial charge in [-0.1, -0.05) is 30.3 Å². The van der Waals surface area contributed by atoms with E-state index in [2.05, 4.69) is 5.32 Å². The van der Waals surface area contributed by atoms with Gasteiger partial charge in [-0.2, -0.15) is 0 Å². The van der Waals surface area contributed by atoms with Crippen LogP contribution in [0.2, 0.25) is 0 Å². The number of hydrogen-bond acceptors (Lipinski definition) is 3. The first-order chi connectivity index (χ1) is 12.9. The molecule has 4 unspecified atom stereocenters. The molecule has 1 aliphatic carbocycles. The van der Waals surface area contributed by atoms with Gasteiger partial charge < -0.3 is 15.3 Å². The van der Waals surface area contributed by atoms with Crippen molar-refractivity contribution in [1.29, 1.82) is 0 Å². The molecule has 4 atom stereocenters. The van der Waals surface area contributed by atoms with Crippen molar-refractivity contribution in [2.24, 2.45) is 17.8 Å². The van der Waals surface area contributed by atoms with E-state index in [0.29, 0.717) is 30.5 Å². The van der Waals surface area contributed by atoms with Crippen LogP contribution in [0.5, 0.6) is 0 Å². The summed E-state index contributed by atoms with van der Waals surface area (Å²) >= 11 is 0. The topological polar surface area (TPSA) is 52.6 Å². The van der Waals surface area contributed by atoms with Gasteiger partial charge >= 0.3 is 0 Å². The van der Waals surface area contributed by atoms with Gasteiger partial charge in [-0.3, -0.25) is 4.79 Å². The molecule has 0 radical (unpaired) electrons. The predicted octanol–water partition coefficient (Wildman–Crippen LogP) is 2.77. The summed E-state index contributed by atoms with van der Waals surface area (Å²) in [6.45, 7) is 3.09. The molecular formula is C21H28F2N2O2. The van der Waals surface area contributed by atoms with E-state index in [4.69, 9.17) is 0 Å². The van der Waals surface area contributed by atoms with Crippen molar-refractivity contribution in [3.63, 3.8) is 0 Å². The van der Waals surface area contributed by atoms with Gasteiger partial charge in [0.05, 0.1) is 0 Å². The number of alkyl halides is 2. The fraction of sp³-hybridized carbons (Fsp3) is 0.667. The molecule has 4 nitrogen and oxygen atoms in total. The number of fused-ring (bicyclic) bond motifs is 1. The van der Waals surface area contributed by atoms with E-state index < -0.39 is 29.8 Å². The lowest BCUT2D eigenvalue weighted by atomic mass is 9.79. The number of amides is 1. The summed E-state index contributed by atoms with van der Waals surface area (Å²) in [5.41, 5.74) is -1.44. The molecule has 4 rings (SSSR count). The fourth-order valence-electron chi connectivity index (χ4n) is 5.21. The highest BCUT2D eigenvalue weighted by Gasteiger charge is 2.55. The number of aliphatic hydroxyl groups is 1. The van der Waals surface area contributed by atoms with E-state index in [1.165, 1.54) is 0 Å². The van der Waals surface area contributed by atoms with E-state index in [9.17, 15) is 18.7 Å². The number of benzene rings is 1. The highest BCUT2D eigenvalue weighted by atomic mass is 19.3. The molecule has 3 aliphatic rings. The number of nitrogens with zero attached hydrogens (tertiary/aromatic N) is 1. The van der Waals surface area contributed by atoms with E-state index in [1.807, 2.05) is 0 Å². The lowest BCUT2D eigenvalue weighted by Crippen LogP contribution is -2.50. The molecule has 2 saturated heterocycles. The van der Waals surface area contributed by atoms with Crippen LogP contribution in [0.4, 0.5) is 8.78 Å². The molecule has 1 saturated carbocycles. The Balaban J connectivity index is 1.62. The second kappa shape index (κ2) is 7.13. The summed E-state index contributed by atoms with van der Waals surface area (Å²) < 4.78 is 27.8. The normalized spacial score (nSPS) is 32.6. The maximum atomic E-state index is 13.9. The molecular weight excluding hydrogens is 350 g/mol. The average molecular weight is 378 g/mol. The number of rotatable bonds is 3. The Hall–Kier alpha value is -1.53. The molecule has 0 bridgehead atoms. The summed E-state index contributed by atoms with van der Waals surface area (Å²) in [7, 11) is 0. The standard InChI is InChI=1S/C21H28F2N2O2/c22-20(23)9-8-18(11-20)21(27,17-6-2-1-3-7-17)19(26)25-13-15-5-4-10-24-12-16(15)14-25/h1-3,6-7,15-16,18,24,27H,4-5,8-14H2. The molecule has 1 aromatic carbocycles. The average Bonchev–Trinajstić information content (AvgIpc) is 3.17. The smallest absolute Gasteiger partial charge is 0.259 e. The van der Waals surface area contributed by atoms with E-state index >= 15 is 0 Å². The van der Waals surface area contributed by atoms with Crippen molar-refractivity contribution in [2.75, 3.05) is 26.2 Å². The second-order valence-corrected chi connectivity index (χ2v) is 8.50. The summed E-state index contributed by atoms with van der Waals surface area (Å²) in [6.07, 6.45) is 1.60. The first-order valence-electron chi connectivity index (χ1n) is 10.1. The first kappa shape index (κ1) is 18.8. The van der Waals surface area contributed by atoms with E-state index in [-0.39, 0.29) is 12.8 Å². The molecule has 1 amide bonds. The van der Waals surface area contributed by atoms with Crippen LogP contribution in [0, 0.1) is 17.8 Å². The summed E-state index contributed by atoms with van der Waals surface area (Å²) in [6, 6.07) is 8.67. The Labute approximate surface area is 158 Å². The lowest BCUT2D eigenvalue weighted by molar-refractivity contribution is -0.159. The molecule has 1 aromatic rings. The Bertz CT molecular complexity index is 670. The number of carbonyl (C=O) groups excluding carboxylic acids is 1. The van der Waals surface area contributed by atoms with Crippen molar-refractivity contribution in [2.45, 2.75) is 43.6 Å². The molecule has 6 heteroatoms. The van der Waals surface area contributed by atoms with Crippen LogP contribution in [-0.2, 0) is 10.4 Å². The van der Waals surface area contributed by atoms with Crippen molar-refractivity contribution < 1.29 is 18.7 Å². The first-order valence-corrected chi connectivity index (χ1v) is 10.1. The minimum absolute atomic E-state index is 0.159. The predicted molar refractivity (Wildman–Crippen MR) is 98.3 cm³/mol. The van der Waals surface area contributed by atoms with Crippen LogP contribution < -0.4 is 5.32 Å². The largest absolute Gasteiger partial charge is 0.375 e. The summed E-state index contributed by atoms with van der Waals surface area (Å²) in [5.74, 6) is -3.17. The quantitative estimate of drug-likeness (QED) is 0.850. The summed E-state index contributed by atoms with van der Waals surface area (Å²) in [4.78, 5) is 15.2. The number of carbonyl (C=O) groups is 1. The second-order valence-electron chi connectivity index (χ2n) is 8.50. The molecule has 27 heavy (non-hydrogen) atoms. The van der Waals surface area contributed by atoms with Gasteiger partial charge in [0.1, 0.15) is 0 Å². The minimum atomic E-state index is -2.81. The SMILES string of the molecule is O=C(N1CC2CCCNCC2C1)C(O)(c1ccccc1)C1CCC(F)(F)C1. The molecule has 2 heterocycles. The van der Waals surface area contributed by atoms with Gasteiger partial charge in [0.15, 0.2) is 5.60 Å². The zero-order chi connectivity index (χ0) is 19.1. The maximum absolute atomic E-state index is 13.9. The van der Waals surface area contributed by atoms with Crippen LogP contribution in [0.25, 0.3) is 0 Å². The van der Waals surface area contributed by atoms with Crippen molar-refractivity contribution in [1.82, 2.24) is 10.2 Å². The Morgan fingerprint density at radius 2 is 1.93 bits per heavy atom. The molecule has 0 spiro atoms. The molecule has 2 N–H and O–H groups in total. The van der Waals surface area contributed by atoms with Crippen LogP contribution in [0.3, 0.4) is 0 Å². The van der Waals surface area contributed by atoms with Gasteiger partial charge in [0.2, 0.25) is 5.92 Å². The van der Waals surface area contributed by atoms with Crippen LogP contribution >= 0.6 is 0 Å². The highest BCUT2D eigenvalue weighted by molar-refractivity contribution is 5.87. The number of hydrogen-bond donors (Lipinski definition) is 2. The Morgan fingerprint density at radius 3 is 2.63 bits per heavy atom. The molecule has 2 aliphatic heterocycles. The fourth-order valence-corrected chi connectivity index (χ4v) is 5.21. The number of likely N-dealkylation sites (tertiary alicyclic amines) is 1. The molecule has 3 fully saturated rings.